The third-order valence-corrected chi connectivity index (χ3v) is 3.11. The summed E-state index contributed by atoms with van der Waals surface area (Å²) in [5.74, 6) is 1.70. The maximum Gasteiger partial charge on any atom is 0.147 e. The van der Waals surface area contributed by atoms with Crippen LogP contribution < -0.4 is 9.64 Å². The molecule has 0 spiro atoms. The predicted molar refractivity (Wildman–Crippen MR) is 70.9 cm³/mol. The van der Waals surface area contributed by atoms with Gasteiger partial charge in [0.1, 0.15) is 18.2 Å². The molecule has 0 radical (unpaired) electrons. The fourth-order valence-electron chi connectivity index (χ4n) is 2.14. The molecule has 3 rings (SSSR count). The summed E-state index contributed by atoms with van der Waals surface area (Å²) in [5.41, 5.74) is 1.71. The SMILES string of the molecule is OCc1cncc(N2CCOc3ccccc3C2)n1. The number of aromatic nitrogens is 2. The average molecular weight is 257 g/mol. The Bertz CT molecular complexity index is 574. The van der Waals surface area contributed by atoms with Crippen LogP contribution in [-0.4, -0.2) is 28.2 Å². The number of fused-ring (bicyclic) bond motifs is 1. The molecule has 1 aromatic carbocycles. The quantitative estimate of drug-likeness (QED) is 0.880. The van der Waals surface area contributed by atoms with Gasteiger partial charge in [0.2, 0.25) is 0 Å². The van der Waals surface area contributed by atoms with E-state index < -0.39 is 0 Å². The number of aliphatic hydroxyl groups is 1. The average Bonchev–Trinajstić information content (AvgIpc) is 2.69. The molecule has 19 heavy (non-hydrogen) atoms. The van der Waals surface area contributed by atoms with Crippen molar-refractivity contribution in [1.82, 2.24) is 9.97 Å². The van der Waals surface area contributed by atoms with Crippen molar-refractivity contribution in [2.75, 3.05) is 18.1 Å². The molecule has 1 aromatic heterocycles. The van der Waals surface area contributed by atoms with Gasteiger partial charge < -0.3 is 14.7 Å². The number of para-hydroxylation sites is 1. The molecule has 0 amide bonds. The molecule has 0 atom stereocenters. The third-order valence-electron chi connectivity index (χ3n) is 3.11. The molecule has 1 aliphatic rings. The number of hydrogen-bond acceptors (Lipinski definition) is 5. The molecule has 1 aliphatic heterocycles. The van der Waals surface area contributed by atoms with Crippen molar-refractivity contribution in [3.8, 4) is 5.75 Å². The summed E-state index contributed by atoms with van der Waals surface area (Å²) in [6, 6.07) is 8.01. The van der Waals surface area contributed by atoms with E-state index >= 15 is 0 Å². The van der Waals surface area contributed by atoms with E-state index in [0.717, 1.165) is 30.2 Å². The molecule has 0 unspecified atom stereocenters. The molecule has 2 aromatic rings. The first-order valence-electron chi connectivity index (χ1n) is 6.24. The van der Waals surface area contributed by atoms with Gasteiger partial charge in [-0.05, 0) is 6.07 Å². The predicted octanol–water partition coefficient (Wildman–Crippen LogP) is 1.37. The fourth-order valence-corrected chi connectivity index (χ4v) is 2.14. The number of nitrogens with zero attached hydrogens (tertiary/aromatic N) is 3. The van der Waals surface area contributed by atoms with E-state index in [1.165, 1.54) is 0 Å². The van der Waals surface area contributed by atoms with Crippen LogP contribution in [-0.2, 0) is 13.2 Å². The molecule has 2 heterocycles. The maximum absolute atomic E-state index is 9.13. The van der Waals surface area contributed by atoms with Crippen LogP contribution in [0.15, 0.2) is 36.7 Å². The molecule has 0 saturated carbocycles. The lowest BCUT2D eigenvalue weighted by atomic mass is 10.2. The molecule has 5 heteroatoms. The zero-order chi connectivity index (χ0) is 13.1. The number of rotatable bonds is 2. The summed E-state index contributed by atoms with van der Waals surface area (Å²) >= 11 is 0. The van der Waals surface area contributed by atoms with E-state index in [1.807, 2.05) is 18.2 Å². The smallest absolute Gasteiger partial charge is 0.147 e. The Kier molecular flexibility index (Phi) is 3.29. The number of anilines is 1. The van der Waals surface area contributed by atoms with Gasteiger partial charge in [-0.1, -0.05) is 18.2 Å². The molecular weight excluding hydrogens is 242 g/mol. The normalized spacial score (nSPS) is 14.5. The minimum absolute atomic E-state index is 0.0955. The second-order valence-electron chi connectivity index (χ2n) is 4.40. The van der Waals surface area contributed by atoms with Gasteiger partial charge >= 0.3 is 0 Å². The highest BCUT2D eigenvalue weighted by Crippen LogP contribution is 2.24. The van der Waals surface area contributed by atoms with Gasteiger partial charge in [0.05, 0.1) is 31.2 Å². The lowest BCUT2D eigenvalue weighted by molar-refractivity contribution is 0.276. The molecule has 5 nitrogen and oxygen atoms in total. The zero-order valence-electron chi connectivity index (χ0n) is 10.5. The Morgan fingerprint density at radius 3 is 3.05 bits per heavy atom. The standard InChI is InChI=1S/C14H15N3O2/c18-10-12-7-15-8-14(16-12)17-5-6-19-13-4-2-1-3-11(13)9-17/h1-4,7-8,18H,5-6,9-10H2. The topological polar surface area (TPSA) is 58.5 Å². The highest BCUT2D eigenvalue weighted by atomic mass is 16.5. The van der Waals surface area contributed by atoms with Gasteiger partial charge in [-0.25, -0.2) is 4.98 Å². The van der Waals surface area contributed by atoms with Crippen molar-refractivity contribution in [1.29, 1.82) is 0 Å². The van der Waals surface area contributed by atoms with Gasteiger partial charge in [0.15, 0.2) is 0 Å². The van der Waals surface area contributed by atoms with Gasteiger partial charge in [-0.2, -0.15) is 0 Å². The number of benzene rings is 1. The second kappa shape index (κ2) is 5.24. The molecule has 0 aliphatic carbocycles. The molecule has 0 bridgehead atoms. The zero-order valence-corrected chi connectivity index (χ0v) is 10.5. The number of hydrogen-bond donors (Lipinski definition) is 1. The Morgan fingerprint density at radius 2 is 2.16 bits per heavy atom. The minimum atomic E-state index is -0.0955. The summed E-state index contributed by atoms with van der Waals surface area (Å²) in [6.07, 6.45) is 3.29. The van der Waals surface area contributed by atoms with Crippen molar-refractivity contribution >= 4 is 5.82 Å². The van der Waals surface area contributed by atoms with Crippen LogP contribution in [0.4, 0.5) is 5.82 Å². The van der Waals surface area contributed by atoms with Crippen molar-refractivity contribution < 1.29 is 9.84 Å². The Hall–Kier alpha value is -2.14. The monoisotopic (exact) mass is 257 g/mol. The van der Waals surface area contributed by atoms with Gasteiger partial charge in [-0.3, -0.25) is 4.98 Å². The summed E-state index contributed by atoms with van der Waals surface area (Å²) in [4.78, 5) is 10.6. The minimum Gasteiger partial charge on any atom is -0.491 e. The van der Waals surface area contributed by atoms with E-state index in [4.69, 9.17) is 9.84 Å². The number of aliphatic hydroxyl groups excluding tert-OH is 1. The molecular formula is C14H15N3O2. The van der Waals surface area contributed by atoms with Crippen LogP contribution >= 0.6 is 0 Å². The Labute approximate surface area is 111 Å². The molecule has 0 saturated heterocycles. The summed E-state index contributed by atoms with van der Waals surface area (Å²) in [5, 5.41) is 9.13. The first kappa shape index (κ1) is 11.9. The van der Waals surface area contributed by atoms with E-state index in [9.17, 15) is 0 Å². The lowest BCUT2D eigenvalue weighted by Gasteiger charge is -2.20. The van der Waals surface area contributed by atoms with Crippen LogP contribution in [0.3, 0.4) is 0 Å². The van der Waals surface area contributed by atoms with Crippen molar-refractivity contribution in [2.45, 2.75) is 13.2 Å². The van der Waals surface area contributed by atoms with Crippen molar-refractivity contribution in [3.05, 3.63) is 47.9 Å². The molecule has 98 valence electrons. The van der Waals surface area contributed by atoms with E-state index in [2.05, 4.69) is 20.9 Å². The first-order chi connectivity index (χ1) is 9.36. The van der Waals surface area contributed by atoms with Gasteiger partial charge in [0.25, 0.3) is 0 Å². The highest BCUT2D eigenvalue weighted by molar-refractivity contribution is 5.43. The van der Waals surface area contributed by atoms with Crippen LogP contribution in [0.1, 0.15) is 11.3 Å². The lowest BCUT2D eigenvalue weighted by Crippen LogP contribution is -2.26. The Balaban J connectivity index is 1.89. The Morgan fingerprint density at radius 1 is 1.26 bits per heavy atom. The van der Waals surface area contributed by atoms with E-state index in [1.54, 1.807) is 12.4 Å². The third kappa shape index (κ3) is 2.51. The maximum atomic E-state index is 9.13. The summed E-state index contributed by atoms with van der Waals surface area (Å²) in [6.45, 7) is 2.00. The first-order valence-corrected chi connectivity index (χ1v) is 6.24. The van der Waals surface area contributed by atoms with Crippen LogP contribution in [0.2, 0.25) is 0 Å². The van der Waals surface area contributed by atoms with E-state index in [0.29, 0.717) is 12.3 Å². The fraction of sp³-hybridized carbons (Fsp3) is 0.286. The highest BCUT2D eigenvalue weighted by Gasteiger charge is 2.16. The van der Waals surface area contributed by atoms with Crippen LogP contribution in [0, 0.1) is 0 Å². The molecule has 0 fully saturated rings. The van der Waals surface area contributed by atoms with Gasteiger partial charge in [0, 0.05) is 12.1 Å². The summed E-state index contributed by atoms with van der Waals surface area (Å²) < 4.78 is 5.72. The van der Waals surface area contributed by atoms with Crippen LogP contribution in [0.5, 0.6) is 5.75 Å². The largest absolute Gasteiger partial charge is 0.491 e. The van der Waals surface area contributed by atoms with Crippen molar-refractivity contribution in [3.63, 3.8) is 0 Å². The second-order valence-corrected chi connectivity index (χ2v) is 4.40. The molecule has 1 N–H and O–H groups in total. The van der Waals surface area contributed by atoms with Crippen LogP contribution in [0.25, 0.3) is 0 Å². The number of ether oxygens (including phenoxy) is 1. The van der Waals surface area contributed by atoms with Crippen molar-refractivity contribution in [2.24, 2.45) is 0 Å². The van der Waals surface area contributed by atoms with Gasteiger partial charge in [-0.15, -0.1) is 0 Å². The van der Waals surface area contributed by atoms with E-state index in [-0.39, 0.29) is 6.61 Å². The summed E-state index contributed by atoms with van der Waals surface area (Å²) in [7, 11) is 0.